The monoisotopic (exact) mass is 1450 g/mol. The molecular formula is C105H67N9. The molecule has 4 aromatic heterocycles. The van der Waals surface area contributed by atoms with Gasteiger partial charge in [-0.1, -0.05) is 340 Å². The van der Waals surface area contributed by atoms with Crippen LogP contribution in [0.1, 0.15) is 50.1 Å². The number of hydrogen-bond acceptors (Lipinski definition) is 7. The molecule has 22 rings (SSSR count). The van der Waals surface area contributed by atoms with Crippen LogP contribution in [0, 0.1) is 11.3 Å². The van der Waals surface area contributed by atoms with Crippen molar-refractivity contribution >= 4 is 43.6 Å². The lowest BCUT2D eigenvalue weighted by atomic mass is 9.67. The normalized spacial score (nSPS) is 12.7. The van der Waals surface area contributed by atoms with Gasteiger partial charge in [0.25, 0.3) is 0 Å². The Bertz CT molecular complexity index is 7010. The summed E-state index contributed by atoms with van der Waals surface area (Å²) in [5, 5.41) is 14.5. The molecule has 9 nitrogen and oxygen atoms in total. The van der Waals surface area contributed by atoms with Crippen molar-refractivity contribution in [1.29, 1.82) is 5.26 Å². The van der Waals surface area contributed by atoms with Crippen molar-refractivity contribution in [3.05, 3.63) is 457 Å². The molecule has 9 heteroatoms. The Hall–Kier alpha value is -15.4. The van der Waals surface area contributed by atoms with Crippen molar-refractivity contribution in [2.24, 2.45) is 0 Å². The number of nitrogens with zero attached hydrogens (tertiary/aromatic N) is 9. The highest BCUT2D eigenvalue weighted by molar-refractivity contribution is 6.19. The summed E-state index contributed by atoms with van der Waals surface area (Å²) in [5.41, 5.74) is 26.7. The van der Waals surface area contributed by atoms with Crippen LogP contribution in [0.15, 0.2) is 406 Å². The van der Waals surface area contributed by atoms with Crippen molar-refractivity contribution < 1.29 is 0 Å². The number of hydrogen-bond donors (Lipinski definition) is 0. The van der Waals surface area contributed by atoms with Crippen LogP contribution in [0.5, 0.6) is 0 Å². The molecule has 0 saturated carbocycles. The second kappa shape index (κ2) is 27.6. The van der Waals surface area contributed by atoms with Crippen LogP contribution in [0.2, 0.25) is 0 Å². The van der Waals surface area contributed by atoms with Crippen LogP contribution in [0.3, 0.4) is 0 Å². The molecule has 16 aromatic carbocycles. The van der Waals surface area contributed by atoms with Gasteiger partial charge in [0.1, 0.15) is 0 Å². The average molecular weight is 1450 g/mol. The first-order valence-corrected chi connectivity index (χ1v) is 38.5. The zero-order valence-electron chi connectivity index (χ0n) is 61.7. The lowest BCUT2D eigenvalue weighted by Gasteiger charge is -2.34. The van der Waals surface area contributed by atoms with Crippen LogP contribution in [0.4, 0.5) is 0 Å². The maximum atomic E-state index is 9.67. The minimum Gasteiger partial charge on any atom is -0.309 e. The van der Waals surface area contributed by atoms with E-state index in [2.05, 4.69) is 306 Å². The van der Waals surface area contributed by atoms with Gasteiger partial charge in [0, 0.05) is 71.9 Å². The fourth-order valence-electron chi connectivity index (χ4n) is 18.1. The fraction of sp³-hybridized carbons (Fsp3) is 0.0190. The Morgan fingerprint density at radius 2 is 0.649 bits per heavy atom. The number of aromatic nitrogens is 8. The molecule has 0 unspecified atom stereocenters. The van der Waals surface area contributed by atoms with Crippen molar-refractivity contribution in [1.82, 2.24) is 39.0 Å². The number of benzene rings is 16. The molecule has 0 atom stereocenters. The summed E-state index contributed by atoms with van der Waals surface area (Å²) in [6.45, 7) is 0. The van der Waals surface area contributed by atoms with Gasteiger partial charge in [-0.15, -0.1) is 0 Å². The fourth-order valence-corrected chi connectivity index (χ4v) is 18.1. The van der Waals surface area contributed by atoms with Crippen molar-refractivity contribution in [2.75, 3.05) is 0 Å². The Morgan fingerprint density at radius 1 is 0.246 bits per heavy atom. The first kappa shape index (κ1) is 66.8. The van der Waals surface area contributed by atoms with Gasteiger partial charge in [0.15, 0.2) is 34.9 Å². The van der Waals surface area contributed by atoms with E-state index in [0.29, 0.717) is 40.5 Å². The van der Waals surface area contributed by atoms with Crippen LogP contribution in [0.25, 0.3) is 146 Å². The topological polar surface area (TPSA) is 111 Å². The molecular weight excluding hydrogens is 1390 g/mol. The predicted octanol–water partition coefficient (Wildman–Crippen LogP) is 24.5. The Kier molecular flexibility index (Phi) is 16.2. The molecule has 2 aliphatic carbocycles. The van der Waals surface area contributed by atoms with E-state index in [4.69, 9.17) is 29.9 Å². The number of fused-ring (bicyclic) bond motifs is 14. The second-order valence-electron chi connectivity index (χ2n) is 29.0. The number of nitriles is 1. The highest BCUT2D eigenvalue weighted by Gasteiger charge is 2.49. The third kappa shape index (κ3) is 10.8. The molecule has 4 heterocycles. The van der Waals surface area contributed by atoms with Gasteiger partial charge in [0.2, 0.25) is 0 Å². The van der Waals surface area contributed by atoms with Gasteiger partial charge in [-0.3, -0.25) is 0 Å². The van der Waals surface area contributed by atoms with Gasteiger partial charge in [-0.05, 0) is 128 Å². The highest BCUT2D eigenvalue weighted by Crippen LogP contribution is 2.61. The minimum atomic E-state index is -0.549. The molecule has 0 amide bonds. The molecule has 114 heavy (non-hydrogen) atoms. The Morgan fingerprint density at radius 3 is 1.18 bits per heavy atom. The molecule has 0 fully saturated rings. The summed E-state index contributed by atoms with van der Waals surface area (Å²) in [5.74, 6) is 3.56. The highest BCUT2D eigenvalue weighted by atomic mass is 15.1. The van der Waals surface area contributed by atoms with Gasteiger partial charge in [-0.25, -0.2) is 29.9 Å². The summed E-state index contributed by atoms with van der Waals surface area (Å²) in [7, 11) is 0. The molecule has 532 valence electrons. The average Bonchev–Trinajstić information content (AvgIpc) is 1.52. The summed E-state index contributed by atoms with van der Waals surface area (Å²) >= 11 is 0. The van der Waals surface area contributed by atoms with E-state index < -0.39 is 10.8 Å². The van der Waals surface area contributed by atoms with Crippen molar-refractivity contribution in [3.63, 3.8) is 0 Å². The largest absolute Gasteiger partial charge is 0.309 e. The lowest BCUT2D eigenvalue weighted by molar-refractivity contribution is 0.769. The maximum Gasteiger partial charge on any atom is 0.164 e. The lowest BCUT2D eigenvalue weighted by Crippen LogP contribution is -2.29. The molecule has 0 aliphatic heterocycles. The van der Waals surface area contributed by atoms with Crippen molar-refractivity contribution in [2.45, 2.75) is 10.8 Å². The van der Waals surface area contributed by atoms with E-state index in [0.717, 1.165) is 61.3 Å². The second-order valence-corrected chi connectivity index (χ2v) is 29.0. The summed E-state index contributed by atoms with van der Waals surface area (Å²) in [4.78, 5) is 29.9. The molecule has 2 aliphatic rings. The van der Waals surface area contributed by atoms with Crippen LogP contribution in [-0.4, -0.2) is 39.0 Å². The molecule has 0 spiro atoms. The smallest absolute Gasteiger partial charge is 0.164 e. The molecule has 0 N–H and O–H groups in total. The number of para-hydroxylation sites is 2. The first-order valence-electron chi connectivity index (χ1n) is 38.5. The Balaban J connectivity index is 0.000000143. The standard InChI is InChI=1S/C53H33N5.C52H34N4/c54-34-35-16-14-19-37(32-35)51-55-50(36-17-4-1-5-18-36)56-52(57-51)38-20-15-25-41(33-38)58-46-29-13-11-27-43(46)49-47(58)31-30-45-48(49)42-26-10-12-28-44(42)53(45,39-21-6-2-7-22-39)40-23-8-3-9-24-40;1-5-17-35(18-6-1)49-53-50(36-19-7-2-8-20-36)55-51(54-49)37-29-31-40(32-30-37)56-46-28-16-14-26-42(46)44-34-33-43-41-25-13-15-27-45(41)52(47(43)48(44)56,38-21-9-3-10-22-38)39-23-11-4-12-24-39/h1-33H;1-34H. The van der Waals surface area contributed by atoms with Crippen LogP contribution >= 0.6 is 0 Å². The van der Waals surface area contributed by atoms with E-state index in [9.17, 15) is 5.26 Å². The van der Waals surface area contributed by atoms with E-state index in [1.165, 1.54) is 93.8 Å². The third-order valence-electron chi connectivity index (χ3n) is 22.9. The SMILES string of the molecule is N#Cc1cccc(-c2nc(-c3ccccc3)nc(-c3cccc(-n4c5ccccc5c5c6c(ccc54)C(c4ccccc4)(c4ccccc4)c4ccccc4-6)c3)n2)c1.c1ccc(-c2nc(-c3ccccc3)nc(-c3ccc(-n4c5ccccc5c5ccc6c(c54)C(c4ccccc4)(c4ccccc4)c4ccccc4-6)cc3)n2)cc1. The maximum absolute atomic E-state index is 9.67. The van der Waals surface area contributed by atoms with E-state index >= 15 is 0 Å². The molecule has 20 aromatic rings. The summed E-state index contributed by atoms with van der Waals surface area (Å²) < 4.78 is 4.84. The number of rotatable bonds is 12. The van der Waals surface area contributed by atoms with E-state index in [1.54, 1.807) is 6.07 Å². The predicted molar refractivity (Wildman–Crippen MR) is 460 cm³/mol. The molecule has 0 bridgehead atoms. The van der Waals surface area contributed by atoms with Gasteiger partial charge in [0.05, 0.1) is 44.5 Å². The third-order valence-corrected chi connectivity index (χ3v) is 22.9. The molecule has 0 radical (unpaired) electrons. The van der Waals surface area contributed by atoms with Crippen molar-refractivity contribution in [3.8, 4) is 108 Å². The van der Waals surface area contributed by atoms with Gasteiger partial charge >= 0.3 is 0 Å². The van der Waals surface area contributed by atoms with E-state index in [-0.39, 0.29) is 0 Å². The quantitative estimate of drug-likeness (QED) is 0.120. The first-order chi connectivity index (χ1) is 56.5. The van der Waals surface area contributed by atoms with Gasteiger partial charge < -0.3 is 9.13 Å². The molecule has 0 saturated heterocycles. The Labute approximate surface area is 659 Å². The summed E-state index contributed by atoms with van der Waals surface area (Å²) in [6.07, 6.45) is 0. The van der Waals surface area contributed by atoms with Crippen LogP contribution in [-0.2, 0) is 10.8 Å². The summed E-state index contributed by atoms with van der Waals surface area (Å²) in [6, 6.07) is 146. The zero-order valence-corrected chi connectivity index (χ0v) is 61.7. The van der Waals surface area contributed by atoms with Crippen LogP contribution < -0.4 is 0 Å². The zero-order chi connectivity index (χ0) is 75.7. The van der Waals surface area contributed by atoms with Gasteiger partial charge in [-0.2, -0.15) is 5.26 Å². The van der Waals surface area contributed by atoms with E-state index in [1.807, 2.05) is 109 Å². The minimum absolute atomic E-state index is 0.495.